The molecule has 4 nitrogen and oxygen atoms in total. The van der Waals surface area contributed by atoms with Crippen LogP contribution in [-0.4, -0.2) is 15.5 Å². The van der Waals surface area contributed by atoms with E-state index in [9.17, 15) is 8.42 Å². The highest BCUT2D eigenvalue weighted by molar-refractivity contribution is 7.92. The molecule has 2 aromatic rings. The summed E-state index contributed by atoms with van der Waals surface area (Å²) in [5, 5.41) is 3.02. The molecule has 0 saturated carbocycles. The summed E-state index contributed by atoms with van der Waals surface area (Å²) in [5.41, 5.74) is 1.60. The number of hydrogen-bond donors (Lipinski definition) is 2. The van der Waals surface area contributed by atoms with Gasteiger partial charge in [0, 0.05) is 12.2 Å². The van der Waals surface area contributed by atoms with E-state index in [1.165, 1.54) is 0 Å². The maximum atomic E-state index is 12.1. The second-order valence-corrected chi connectivity index (χ2v) is 5.83. The largest absolute Gasteiger partial charge is 0.316 e. The fourth-order valence-corrected chi connectivity index (χ4v) is 2.77. The third-order valence-electron chi connectivity index (χ3n) is 2.64. The van der Waals surface area contributed by atoms with Crippen LogP contribution in [0.1, 0.15) is 5.56 Å². The van der Waals surface area contributed by atoms with Crippen molar-refractivity contribution in [1.29, 1.82) is 0 Å². The monoisotopic (exact) mass is 276 g/mol. The highest BCUT2D eigenvalue weighted by atomic mass is 32.2. The molecule has 0 aliphatic rings. The molecular formula is C14H16N2O2S. The van der Waals surface area contributed by atoms with Gasteiger partial charge in [0.15, 0.2) is 0 Å². The molecule has 2 N–H and O–H groups in total. The Bertz CT molecular complexity index is 622. The molecule has 2 rings (SSSR count). The van der Waals surface area contributed by atoms with Crippen molar-refractivity contribution in [2.45, 2.75) is 11.4 Å². The highest BCUT2D eigenvalue weighted by Gasteiger charge is 2.13. The molecule has 0 heterocycles. The van der Waals surface area contributed by atoms with Gasteiger partial charge in [-0.2, -0.15) is 0 Å². The molecule has 0 saturated heterocycles. The summed E-state index contributed by atoms with van der Waals surface area (Å²) in [5.74, 6) is 0. The van der Waals surface area contributed by atoms with Gasteiger partial charge in [-0.1, -0.05) is 30.3 Å². The van der Waals surface area contributed by atoms with Crippen molar-refractivity contribution >= 4 is 15.7 Å². The predicted molar refractivity (Wildman–Crippen MR) is 76.5 cm³/mol. The molecule has 100 valence electrons. The van der Waals surface area contributed by atoms with Crippen molar-refractivity contribution < 1.29 is 8.42 Å². The van der Waals surface area contributed by atoms with E-state index in [2.05, 4.69) is 10.0 Å². The Hall–Kier alpha value is -1.85. The zero-order chi connectivity index (χ0) is 13.7. The SMILES string of the molecule is CNCc1ccc(S(=O)(=O)Nc2ccccc2)cc1. The van der Waals surface area contributed by atoms with E-state index < -0.39 is 10.0 Å². The number of sulfonamides is 1. The second-order valence-electron chi connectivity index (χ2n) is 4.15. The van der Waals surface area contributed by atoms with Crippen LogP contribution in [0.5, 0.6) is 0 Å². The first-order valence-corrected chi connectivity index (χ1v) is 7.41. The number of benzene rings is 2. The van der Waals surface area contributed by atoms with Gasteiger partial charge < -0.3 is 5.32 Å². The quantitative estimate of drug-likeness (QED) is 0.880. The first-order chi connectivity index (χ1) is 9.12. The maximum Gasteiger partial charge on any atom is 0.261 e. The van der Waals surface area contributed by atoms with Crippen molar-refractivity contribution in [2.24, 2.45) is 0 Å². The number of para-hydroxylation sites is 1. The molecule has 0 amide bonds. The minimum atomic E-state index is -3.52. The van der Waals surface area contributed by atoms with Crippen LogP contribution in [0.2, 0.25) is 0 Å². The number of rotatable bonds is 5. The molecule has 2 aromatic carbocycles. The summed E-state index contributed by atoms with van der Waals surface area (Å²) in [6.45, 7) is 0.715. The lowest BCUT2D eigenvalue weighted by Crippen LogP contribution is -2.13. The number of hydrogen-bond acceptors (Lipinski definition) is 3. The lowest BCUT2D eigenvalue weighted by molar-refractivity contribution is 0.601. The van der Waals surface area contributed by atoms with E-state index in [0.717, 1.165) is 5.56 Å². The van der Waals surface area contributed by atoms with E-state index in [1.54, 1.807) is 48.5 Å². The van der Waals surface area contributed by atoms with Crippen LogP contribution in [0.15, 0.2) is 59.5 Å². The Morgan fingerprint density at radius 2 is 1.58 bits per heavy atom. The van der Waals surface area contributed by atoms with Crippen molar-refractivity contribution in [2.75, 3.05) is 11.8 Å². The molecule has 0 atom stereocenters. The lowest BCUT2D eigenvalue weighted by Gasteiger charge is -2.08. The number of nitrogens with one attached hydrogen (secondary N) is 2. The standard InChI is InChI=1S/C14H16N2O2S/c1-15-11-12-7-9-14(10-8-12)19(17,18)16-13-5-3-2-4-6-13/h2-10,15-16H,11H2,1H3. The normalized spacial score (nSPS) is 11.2. The van der Waals surface area contributed by atoms with Crippen molar-refractivity contribution in [1.82, 2.24) is 5.32 Å². The predicted octanol–water partition coefficient (Wildman–Crippen LogP) is 2.21. The minimum absolute atomic E-state index is 0.260. The molecule has 19 heavy (non-hydrogen) atoms. The van der Waals surface area contributed by atoms with Gasteiger partial charge in [0.05, 0.1) is 4.90 Å². The van der Waals surface area contributed by atoms with Crippen LogP contribution in [-0.2, 0) is 16.6 Å². The van der Waals surface area contributed by atoms with Gasteiger partial charge in [0.25, 0.3) is 10.0 Å². The summed E-state index contributed by atoms with van der Waals surface area (Å²) in [4.78, 5) is 0.260. The van der Waals surface area contributed by atoms with Crippen LogP contribution in [0.4, 0.5) is 5.69 Å². The maximum absolute atomic E-state index is 12.1. The van der Waals surface area contributed by atoms with E-state index in [1.807, 2.05) is 13.1 Å². The fraction of sp³-hybridized carbons (Fsp3) is 0.143. The third kappa shape index (κ3) is 3.56. The zero-order valence-electron chi connectivity index (χ0n) is 10.6. The van der Waals surface area contributed by atoms with E-state index in [0.29, 0.717) is 12.2 Å². The van der Waals surface area contributed by atoms with Gasteiger partial charge in [-0.15, -0.1) is 0 Å². The number of anilines is 1. The topological polar surface area (TPSA) is 58.2 Å². The van der Waals surface area contributed by atoms with Gasteiger partial charge in [0.2, 0.25) is 0 Å². The first kappa shape index (κ1) is 13.6. The van der Waals surface area contributed by atoms with Crippen molar-refractivity contribution in [3.63, 3.8) is 0 Å². The molecule has 5 heteroatoms. The molecule has 0 unspecified atom stereocenters. The second kappa shape index (κ2) is 5.86. The third-order valence-corrected chi connectivity index (χ3v) is 4.04. The molecule has 0 aromatic heterocycles. The average Bonchev–Trinajstić information content (AvgIpc) is 2.40. The van der Waals surface area contributed by atoms with Gasteiger partial charge in [-0.05, 0) is 36.9 Å². The zero-order valence-corrected chi connectivity index (χ0v) is 11.4. The van der Waals surface area contributed by atoms with Crippen molar-refractivity contribution in [3.05, 3.63) is 60.2 Å². The highest BCUT2D eigenvalue weighted by Crippen LogP contribution is 2.16. The summed E-state index contributed by atoms with van der Waals surface area (Å²) in [6.07, 6.45) is 0. The van der Waals surface area contributed by atoms with Gasteiger partial charge in [-0.3, -0.25) is 4.72 Å². The van der Waals surface area contributed by atoms with Crippen LogP contribution in [0.3, 0.4) is 0 Å². The summed E-state index contributed by atoms with van der Waals surface area (Å²) in [6, 6.07) is 15.7. The van der Waals surface area contributed by atoms with Crippen LogP contribution in [0, 0.1) is 0 Å². The van der Waals surface area contributed by atoms with Crippen molar-refractivity contribution in [3.8, 4) is 0 Å². The molecule has 0 bridgehead atoms. The molecule has 0 fully saturated rings. The minimum Gasteiger partial charge on any atom is -0.316 e. The molecule has 0 aliphatic heterocycles. The summed E-state index contributed by atoms with van der Waals surface area (Å²) in [7, 11) is -1.67. The first-order valence-electron chi connectivity index (χ1n) is 5.93. The Morgan fingerprint density at radius 3 is 2.16 bits per heavy atom. The van der Waals surface area contributed by atoms with Gasteiger partial charge in [-0.25, -0.2) is 8.42 Å². The summed E-state index contributed by atoms with van der Waals surface area (Å²) < 4.78 is 26.8. The van der Waals surface area contributed by atoms with Crippen LogP contribution < -0.4 is 10.0 Å². The average molecular weight is 276 g/mol. The molecular weight excluding hydrogens is 260 g/mol. The Labute approximate surface area is 113 Å². The fourth-order valence-electron chi connectivity index (χ4n) is 1.71. The van der Waals surface area contributed by atoms with Crippen LogP contribution in [0.25, 0.3) is 0 Å². The molecule has 0 aliphatic carbocycles. The van der Waals surface area contributed by atoms with Crippen LogP contribution >= 0.6 is 0 Å². The Kier molecular flexibility index (Phi) is 4.19. The van der Waals surface area contributed by atoms with Gasteiger partial charge >= 0.3 is 0 Å². The summed E-state index contributed by atoms with van der Waals surface area (Å²) >= 11 is 0. The van der Waals surface area contributed by atoms with E-state index >= 15 is 0 Å². The van der Waals surface area contributed by atoms with Gasteiger partial charge in [0.1, 0.15) is 0 Å². The smallest absolute Gasteiger partial charge is 0.261 e. The molecule has 0 spiro atoms. The Morgan fingerprint density at radius 1 is 0.947 bits per heavy atom. The van der Waals surface area contributed by atoms with E-state index in [4.69, 9.17) is 0 Å². The Balaban J connectivity index is 2.20. The lowest BCUT2D eigenvalue weighted by atomic mass is 10.2. The molecule has 0 radical (unpaired) electrons. The van der Waals surface area contributed by atoms with E-state index in [-0.39, 0.29) is 4.90 Å².